The van der Waals surface area contributed by atoms with Gasteiger partial charge in [0.1, 0.15) is 11.2 Å². The average molecular weight is 253 g/mol. The molecule has 1 amide bonds. The molecule has 0 saturated carbocycles. The maximum Gasteiger partial charge on any atom is 0.318 e. The van der Waals surface area contributed by atoms with Crippen molar-refractivity contribution in [3.8, 4) is 0 Å². The van der Waals surface area contributed by atoms with Gasteiger partial charge in [0.2, 0.25) is 5.91 Å². The van der Waals surface area contributed by atoms with Crippen LogP contribution >= 0.6 is 0 Å². The standard InChI is InChI=1S/C13H16FNO3/c1-4-15(10-7-5-6-9(14)8-10)11(16)13(2,3)12(17)18/h5-8H,4H2,1-3H3,(H,17,18). The van der Waals surface area contributed by atoms with E-state index in [1.165, 1.54) is 36.9 Å². The molecule has 0 atom stereocenters. The van der Waals surface area contributed by atoms with Gasteiger partial charge < -0.3 is 10.0 Å². The fourth-order valence-corrected chi connectivity index (χ4v) is 1.52. The van der Waals surface area contributed by atoms with Crippen LogP contribution in [0.15, 0.2) is 24.3 Å². The molecule has 18 heavy (non-hydrogen) atoms. The highest BCUT2D eigenvalue weighted by Gasteiger charge is 2.39. The summed E-state index contributed by atoms with van der Waals surface area (Å²) in [7, 11) is 0. The first-order valence-electron chi connectivity index (χ1n) is 5.61. The van der Waals surface area contributed by atoms with Gasteiger partial charge in [-0.25, -0.2) is 4.39 Å². The predicted octanol–water partition coefficient (Wildman–Crippen LogP) is 2.29. The topological polar surface area (TPSA) is 57.6 Å². The van der Waals surface area contributed by atoms with Gasteiger partial charge >= 0.3 is 5.97 Å². The molecule has 5 heteroatoms. The number of amides is 1. The van der Waals surface area contributed by atoms with E-state index in [4.69, 9.17) is 5.11 Å². The summed E-state index contributed by atoms with van der Waals surface area (Å²) in [5.41, 5.74) is -1.18. The van der Waals surface area contributed by atoms with E-state index in [1.54, 1.807) is 13.0 Å². The van der Waals surface area contributed by atoms with Gasteiger partial charge in [-0.15, -0.1) is 0 Å². The molecule has 0 aliphatic rings. The van der Waals surface area contributed by atoms with Crippen LogP contribution in [0.25, 0.3) is 0 Å². The van der Waals surface area contributed by atoms with Crippen molar-refractivity contribution in [1.82, 2.24) is 0 Å². The van der Waals surface area contributed by atoms with Gasteiger partial charge in [0.15, 0.2) is 0 Å². The molecule has 0 unspecified atom stereocenters. The molecule has 0 fully saturated rings. The monoisotopic (exact) mass is 253 g/mol. The Balaban J connectivity index is 3.12. The molecular formula is C13H16FNO3. The molecular weight excluding hydrogens is 237 g/mol. The van der Waals surface area contributed by atoms with Crippen LogP contribution in [0.1, 0.15) is 20.8 Å². The first-order valence-corrected chi connectivity index (χ1v) is 5.61. The zero-order valence-corrected chi connectivity index (χ0v) is 10.6. The van der Waals surface area contributed by atoms with Crippen LogP contribution in [0.3, 0.4) is 0 Å². The first kappa shape index (κ1) is 14.2. The third kappa shape index (κ3) is 2.67. The lowest BCUT2D eigenvalue weighted by atomic mass is 9.91. The second-order valence-electron chi connectivity index (χ2n) is 4.46. The molecule has 1 rings (SSSR count). The largest absolute Gasteiger partial charge is 0.480 e. The Labute approximate surface area is 105 Å². The van der Waals surface area contributed by atoms with E-state index in [0.29, 0.717) is 5.69 Å². The van der Waals surface area contributed by atoms with Crippen LogP contribution in [0, 0.1) is 11.2 Å². The van der Waals surface area contributed by atoms with Crippen LogP contribution in [0.5, 0.6) is 0 Å². The lowest BCUT2D eigenvalue weighted by molar-refractivity contribution is -0.152. The Morgan fingerprint density at radius 3 is 2.44 bits per heavy atom. The van der Waals surface area contributed by atoms with Crippen LogP contribution in [-0.4, -0.2) is 23.5 Å². The van der Waals surface area contributed by atoms with E-state index in [0.717, 1.165) is 0 Å². The SMILES string of the molecule is CCN(C(=O)C(C)(C)C(=O)O)c1cccc(F)c1. The number of nitrogens with zero attached hydrogens (tertiary/aromatic N) is 1. The Hall–Kier alpha value is -1.91. The van der Waals surface area contributed by atoms with Gasteiger partial charge in [-0.3, -0.25) is 9.59 Å². The number of aliphatic carboxylic acids is 1. The Kier molecular flexibility index (Phi) is 4.06. The van der Waals surface area contributed by atoms with Crippen molar-refractivity contribution in [3.05, 3.63) is 30.1 Å². The molecule has 98 valence electrons. The molecule has 0 saturated heterocycles. The number of halogens is 1. The highest BCUT2D eigenvalue weighted by Crippen LogP contribution is 2.24. The highest BCUT2D eigenvalue weighted by atomic mass is 19.1. The Morgan fingerprint density at radius 2 is 2.00 bits per heavy atom. The molecule has 0 bridgehead atoms. The fourth-order valence-electron chi connectivity index (χ4n) is 1.52. The quantitative estimate of drug-likeness (QED) is 0.837. The summed E-state index contributed by atoms with van der Waals surface area (Å²) in [6.45, 7) is 4.65. The number of carbonyl (C=O) groups excluding carboxylic acids is 1. The summed E-state index contributed by atoms with van der Waals surface area (Å²) in [5, 5.41) is 9.04. The minimum absolute atomic E-state index is 0.277. The summed E-state index contributed by atoms with van der Waals surface area (Å²) < 4.78 is 13.1. The van der Waals surface area contributed by atoms with Gasteiger partial charge in [-0.1, -0.05) is 6.07 Å². The number of carbonyl (C=O) groups is 2. The average Bonchev–Trinajstić information content (AvgIpc) is 2.29. The molecule has 0 aromatic heterocycles. The summed E-state index contributed by atoms with van der Waals surface area (Å²) in [4.78, 5) is 24.5. The molecule has 0 heterocycles. The second-order valence-corrected chi connectivity index (χ2v) is 4.46. The summed E-state index contributed by atoms with van der Waals surface area (Å²) in [6.07, 6.45) is 0. The molecule has 4 nitrogen and oxygen atoms in total. The zero-order chi connectivity index (χ0) is 13.9. The summed E-state index contributed by atoms with van der Waals surface area (Å²) in [6, 6.07) is 5.53. The maximum absolute atomic E-state index is 13.1. The van der Waals surface area contributed by atoms with E-state index >= 15 is 0 Å². The van der Waals surface area contributed by atoms with Crippen molar-refractivity contribution in [2.24, 2.45) is 5.41 Å². The van der Waals surface area contributed by atoms with Crippen molar-refractivity contribution in [1.29, 1.82) is 0 Å². The zero-order valence-electron chi connectivity index (χ0n) is 10.6. The number of carboxylic acids is 1. The molecule has 1 N–H and O–H groups in total. The number of anilines is 1. The summed E-state index contributed by atoms with van der Waals surface area (Å²) >= 11 is 0. The smallest absolute Gasteiger partial charge is 0.318 e. The maximum atomic E-state index is 13.1. The summed E-state index contributed by atoms with van der Waals surface area (Å²) in [5.74, 6) is -2.24. The Bertz CT molecular complexity index is 471. The third-order valence-electron chi connectivity index (χ3n) is 2.75. The van der Waals surface area contributed by atoms with Crippen molar-refractivity contribution in [2.75, 3.05) is 11.4 Å². The number of rotatable bonds is 4. The number of hydrogen-bond acceptors (Lipinski definition) is 2. The van der Waals surface area contributed by atoms with Gasteiger partial charge in [0.05, 0.1) is 0 Å². The third-order valence-corrected chi connectivity index (χ3v) is 2.75. The van der Waals surface area contributed by atoms with Crippen LogP contribution in [-0.2, 0) is 9.59 Å². The van der Waals surface area contributed by atoms with E-state index in [-0.39, 0.29) is 6.54 Å². The van der Waals surface area contributed by atoms with E-state index in [9.17, 15) is 14.0 Å². The van der Waals surface area contributed by atoms with Crippen LogP contribution in [0.2, 0.25) is 0 Å². The van der Waals surface area contributed by atoms with E-state index < -0.39 is 23.1 Å². The minimum atomic E-state index is -1.54. The van der Waals surface area contributed by atoms with Crippen LogP contribution < -0.4 is 4.90 Å². The normalized spacial score (nSPS) is 11.1. The molecule has 1 aromatic carbocycles. The van der Waals surface area contributed by atoms with Gasteiger partial charge in [-0.2, -0.15) is 0 Å². The lowest BCUT2D eigenvalue weighted by Crippen LogP contribution is -2.45. The van der Waals surface area contributed by atoms with E-state index in [2.05, 4.69) is 0 Å². The van der Waals surface area contributed by atoms with Gasteiger partial charge in [0, 0.05) is 12.2 Å². The van der Waals surface area contributed by atoms with Crippen molar-refractivity contribution in [2.45, 2.75) is 20.8 Å². The highest BCUT2D eigenvalue weighted by molar-refractivity contribution is 6.08. The number of benzene rings is 1. The molecule has 0 aliphatic carbocycles. The van der Waals surface area contributed by atoms with Crippen molar-refractivity contribution in [3.63, 3.8) is 0 Å². The van der Waals surface area contributed by atoms with Gasteiger partial charge in [-0.05, 0) is 39.0 Å². The molecule has 0 spiro atoms. The van der Waals surface area contributed by atoms with Crippen LogP contribution in [0.4, 0.5) is 10.1 Å². The molecule has 0 aliphatic heterocycles. The Morgan fingerprint density at radius 1 is 1.39 bits per heavy atom. The fraction of sp³-hybridized carbons (Fsp3) is 0.385. The first-order chi connectivity index (χ1) is 8.30. The molecule has 1 aromatic rings. The van der Waals surface area contributed by atoms with Gasteiger partial charge in [0.25, 0.3) is 0 Å². The lowest BCUT2D eigenvalue weighted by Gasteiger charge is -2.28. The van der Waals surface area contributed by atoms with Crippen molar-refractivity contribution < 1.29 is 19.1 Å². The minimum Gasteiger partial charge on any atom is -0.480 e. The van der Waals surface area contributed by atoms with Crippen molar-refractivity contribution >= 4 is 17.6 Å². The number of carboxylic acid groups (broad SMARTS) is 1. The van der Waals surface area contributed by atoms with E-state index in [1.807, 2.05) is 0 Å². The molecule has 0 radical (unpaired) electrons. The second kappa shape index (κ2) is 5.16. The number of hydrogen-bond donors (Lipinski definition) is 1. The predicted molar refractivity (Wildman–Crippen MR) is 65.8 cm³/mol.